The number of piperidine rings is 1. The lowest BCUT2D eigenvalue weighted by atomic mass is 9.84. The molecule has 8 heteroatoms. The van der Waals surface area contributed by atoms with E-state index in [-0.39, 0.29) is 5.92 Å². The molecule has 212 valence electrons. The molecule has 0 saturated carbocycles. The van der Waals surface area contributed by atoms with Crippen molar-refractivity contribution in [2.75, 3.05) is 18.4 Å². The highest BCUT2D eigenvalue weighted by Crippen LogP contribution is 2.35. The van der Waals surface area contributed by atoms with Gasteiger partial charge in [0.25, 0.3) is 0 Å². The molecule has 6 rings (SSSR count). The summed E-state index contributed by atoms with van der Waals surface area (Å²) in [6.07, 6.45) is 3.59. The van der Waals surface area contributed by atoms with Gasteiger partial charge in [0, 0.05) is 47.0 Å². The van der Waals surface area contributed by atoms with Gasteiger partial charge in [0.1, 0.15) is 12.1 Å². The quantitative estimate of drug-likeness (QED) is 0.177. The number of likely N-dealkylation sites (tertiary alicyclic amines) is 1. The van der Waals surface area contributed by atoms with Crippen molar-refractivity contribution in [2.24, 2.45) is 0 Å². The Balaban J connectivity index is 1.21. The van der Waals surface area contributed by atoms with Gasteiger partial charge in [-0.25, -0.2) is 14.8 Å². The fourth-order valence-corrected chi connectivity index (χ4v) is 5.95. The molecule has 0 radical (unpaired) electrons. The van der Waals surface area contributed by atoms with E-state index in [0.29, 0.717) is 21.7 Å². The Morgan fingerprint density at radius 2 is 1.43 bits per heavy atom. The molecule has 5 aromatic rings. The SMILES string of the molecule is O=C(O)c1ccc(CN2CCC(Nc3ncnc4ccc(C(c5ccc(Cl)cc5)c5ccc(Cl)cc5)cc34)CC2)cc1. The van der Waals surface area contributed by atoms with E-state index < -0.39 is 5.97 Å². The van der Waals surface area contributed by atoms with E-state index in [1.54, 1.807) is 18.5 Å². The number of anilines is 1. The number of aromatic carboxylic acids is 1. The fraction of sp³-hybridized carbons (Fsp3) is 0.206. The number of rotatable bonds is 8. The third-order valence-corrected chi connectivity index (χ3v) is 8.44. The lowest BCUT2D eigenvalue weighted by molar-refractivity contribution is 0.0697. The smallest absolute Gasteiger partial charge is 0.335 e. The van der Waals surface area contributed by atoms with Crippen molar-refractivity contribution >= 4 is 45.9 Å². The molecule has 0 unspecified atom stereocenters. The zero-order valence-electron chi connectivity index (χ0n) is 22.9. The first-order chi connectivity index (χ1) is 20.4. The lowest BCUT2D eigenvalue weighted by Crippen LogP contribution is -2.38. The number of hydrogen-bond donors (Lipinski definition) is 2. The molecule has 2 heterocycles. The van der Waals surface area contributed by atoms with Crippen LogP contribution >= 0.6 is 23.2 Å². The van der Waals surface area contributed by atoms with Gasteiger partial charge in [0.2, 0.25) is 0 Å². The van der Waals surface area contributed by atoms with E-state index in [4.69, 9.17) is 28.3 Å². The predicted octanol–water partition coefficient (Wildman–Crippen LogP) is 7.89. The zero-order chi connectivity index (χ0) is 29.1. The summed E-state index contributed by atoms with van der Waals surface area (Å²) in [6, 6.07) is 29.8. The fourth-order valence-electron chi connectivity index (χ4n) is 5.70. The van der Waals surface area contributed by atoms with Crippen molar-refractivity contribution in [1.82, 2.24) is 14.9 Å². The first kappa shape index (κ1) is 28.2. The second-order valence-electron chi connectivity index (χ2n) is 10.7. The summed E-state index contributed by atoms with van der Waals surface area (Å²) in [5.74, 6) is -0.0661. The Morgan fingerprint density at radius 3 is 2.02 bits per heavy atom. The third kappa shape index (κ3) is 6.41. The van der Waals surface area contributed by atoms with E-state index in [1.807, 2.05) is 36.4 Å². The van der Waals surface area contributed by atoms with E-state index >= 15 is 0 Å². The molecule has 6 nitrogen and oxygen atoms in total. The molecule has 0 atom stereocenters. The van der Waals surface area contributed by atoms with Crippen LogP contribution in [0.2, 0.25) is 10.0 Å². The van der Waals surface area contributed by atoms with Gasteiger partial charge in [-0.05, 0) is 83.6 Å². The van der Waals surface area contributed by atoms with Gasteiger partial charge >= 0.3 is 5.97 Å². The summed E-state index contributed by atoms with van der Waals surface area (Å²) < 4.78 is 0. The number of nitrogens with zero attached hydrogens (tertiary/aromatic N) is 3. The molecule has 1 fully saturated rings. The highest BCUT2D eigenvalue weighted by Gasteiger charge is 2.22. The Morgan fingerprint density at radius 1 is 0.833 bits per heavy atom. The molecule has 0 amide bonds. The first-order valence-corrected chi connectivity index (χ1v) is 14.8. The maximum absolute atomic E-state index is 11.1. The molecule has 1 aromatic heterocycles. The minimum atomic E-state index is -0.900. The van der Waals surface area contributed by atoms with Crippen LogP contribution in [0.15, 0.2) is 97.3 Å². The number of fused-ring (bicyclic) bond motifs is 1. The van der Waals surface area contributed by atoms with Gasteiger partial charge in [0.15, 0.2) is 0 Å². The number of aromatic nitrogens is 2. The van der Waals surface area contributed by atoms with Crippen LogP contribution in [0.5, 0.6) is 0 Å². The number of hydrogen-bond acceptors (Lipinski definition) is 5. The summed E-state index contributed by atoms with van der Waals surface area (Å²) in [5, 5.41) is 15.2. The summed E-state index contributed by atoms with van der Waals surface area (Å²) >= 11 is 12.4. The summed E-state index contributed by atoms with van der Waals surface area (Å²) in [5.41, 5.74) is 5.74. The van der Waals surface area contributed by atoms with Gasteiger partial charge in [-0.1, -0.05) is 65.7 Å². The molecule has 4 aromatic carbocycles. The number of carboxylic acids is 1. The van der Waals surface area contributed by atoms with E-state index in [0.717, 1.165) is 71.5 Å². The molecular formula is C34H30Cl2N4O2. The lowest BCUT2D eigenvalue weighted by Gasteiger charge is -2.32. The molecule has 0 spiro atoms. The van der Waals surface area contributed by atoms with Crippen LogP contribution < -0.4 is 5.32 Å². The topological polar surface area (TPSA) is 78.4 Å². The minimum absolute atomic E-state index is 0.00945. The number of nitrogens with one attached hydrogen (secondary N) is 1. The van der Waals surface area contributed by atoms with Crippen LogP contribution in [0.3, 0.4) is 0 Å². The van der Waals surface area contributed by atoms with Crippen LogP contribution in [-0.4, -0.2) is 45.1 Å². The highest BCUT2D eigenvalue weighted by atomic mass is 35.5. The molecule has 1 aliphatic rings. The maximum Gasteiger partial charge on any atom is 0.335 e. The van der Waals surface area contributed by atoms with Crippen molar-refractivity contribution in [3.8, 4) is 0 Å². The summed E-state index contributed by atoms with van der Waals surface area (Å²) in [6.45, 7) is 2.70. The minimum Gasteiger partial charge on any atom is -0.478 e. The van der Waals surface area contributed by atoms with E-state index in [2.05, 4.69) is 62.6 Å². The molecule has 42 heavy (non-hydrogen) atoms. The predicted molar refractivity (Wildman–Crippen MR) is 169 cm³/mol. The van der Waals surface area contributed by atoms with Crippen molar-refractivity contribution in [2.45, 2.75) is 31.3 Å². The Kier molecular flexibility index (Phi) is 8.38. The normalized spacial score (nSPS) is 14.4. The average Bonchev–Trinajstić information content (AvgIpc) is 3.01. The first-order valence-electron chi connectivity index (χ1n) is 14.0. The van der Waals surface area contributed by atoms with Crippen LogP contribution in [-0.2, 0) is 6.54 Å². The number of carboxylic acid groups (broad SMARTS) is 1. The van der Waals surface area contributed by atoms with Crippen LogP contribution in [0.1, 0.15) is 51.4 Å². The van der Waals surface area contributed by atoms with Crippen LogP contribution in [0.25, 0.3) is 10.9 Å². The summed E-state index contributed by atoms with van der Waals surface area (Å²) in [7, 11) is 0. The number of carbonyl (C=O) groups is 1. The van der Waals surface area contributed by atoms with E-state index in [9.17, 15) is 4.79 Å². The number of benzene rings is 4. The molecule has 0 aliphatic carbocycles. The Labute approximate surface area is 255 Å². The number of halogens is 2. The van der Waals surface area contributed by atoms with Crippen molar-refractivity contribution in [1.29, 1.82) is 0 Å². The van der Waals surface area contributed by atoms with Gasteiger partial charge in [0.05, 0.1) is 11.1 Å². The largest absolute Gasteiger partial charge is 0.478 e. The maximum atomic E-state index is 11.1. The van der Waals surface area contributed by atoms with Crippen molar-refractivity contribution in [3.05, 3.63) is 135 Å². The second-order valence-corrected chi connectivity index (χ2v) is 11.6. The van der Waals surface area contributed by atoms with Gasteiger partial charge in [-0.2, -0.15) is 0 Å². The molecule has 1 aliphatic heterocycles. The van der Waals surface area contributed by atoms with Gasteiger partial charge in [-0.3, -0.25) is 4.90 Å². The zero-order valence-corrected chi connectivity index (χ0v) is 24.4. The van der Waals surface area contributed by atoms with Crippen LogP contribution in [0.4, 0.5) is 5.82 Å². The highest BCUT2D eigenvalue weighted by molar-refractivity contribution is 6.30. The summed E-state index contributed by atoms with van der Waals surface area (Å²) in [4.78, 5) is 22.8. The molecular weight excluding hydrogens is 567 g/mol. The third-order valence-electron chi connectivity index (χ3n) is 7.93. The second kappa shape index (κ2) is 12.5. The van der Waals surface area contributed by atoms with Gasteiger partial charge in [-0.15, -0.1) is 0 Å². The molecule has 0 bridgehead atoms. The molecule has 1 saturated heterocycles. The Hall–Kier alpha value is -3.97. The standard InChI is InChI=1S/C34H30Cl2N4O2/c35-27-10-5-23(6-11-27)32(24-7-12-28(36)13-8-24)26-9-14-31-30(19-26)33(38-21-37-31)39-29-15-17-40(18-16-29)20-22-1-3-25(4-2-22)34(41)42/h1-14,19,21,29,32H,15-18,20H2,(H,41,42)(H,37,38,39). The molecule has 2 N–H and O–H groups in total. The van der Waals surface area contributed by atoms with E-state index in [1.165, 1.54) is 0 Å². The van der Waals surface area contributed by atoms with Crippen LogP contribution in [0, 0.1) is 0 Å². The monoisotopic (exact) mass is 596 g/mol. The van der Waals surface area contributed by atoms with Crippen molar-refractivity contribution < 1.29 is 9.90 Å². The Bertz CT molecular complexity index is 1640. The average molecular weight is 598 g/mol. The van der Waals surface area contributed by atoms with Gasteiger partial charge < -0.3 is 10.4 Å². The van der Waals surface area contributed by atoms with Crippen molar-refractivity contribution in [3.63, 3.8) is 0 Å².